The minimum absolute atomic E-state index is 0.00239. The van der Waals surface area contributed by atoms with Crippen LogP contribution in [0.4, 0.5) is 0 Å². The van der Waals surface area contributed by atoms with Gasteiger partial charge < -0.3 is 0 Å². The highest BCUT2D eigenvalue weighted by Crippen LogP contribution is 2.23. The maximum Gasteiger partial charge on any atom is 0.343 e. The first kappa shape index (κ1) is 13.3. The van der Waals surface area contributed by atoms with Gasteiger partial charge in [0, 0.05) is 6.54 Å². The molecule has 0 radical (unpaired) electrons. The van der Waals surface area contributed by atoms with E-state index in [4.69, 9.17) is 23.2 Å². The van der Waals surface area contributed by atoms with Crippen LogP contribution in [-0.4, -0.2) is 29.7 Å². The molecule has 0 aromatic carbocycles. The van der Waals surface area contributed by atoms with Crippen LogP contribution in [0, 0.1) is 0 Å². The van der Waals surface area contributed by atoms with E-state index in [-0.39, 0.29) is 21.4 Å². The van der Waals surface area contributed by atoms with Crippen LogP contribution in [0.1, 0.15) is 13.3 Å². The van der Waals surface area contributed by atoms with Crippen molar-refractivity contribution in [2.45, 2.75) is 30.2 Å². The number of aromatic amines is 1. The quantitative estimate of drug-likeness (QED) is 0.923. The zero-order valence-corrected chi connectivity index (χ0v) is 11.6. The molecule has 0 unspecified atom stereocenters. The molecule has 7 nitrogen and oxygen atoms in total. The highest BCUT2D eigenvalue weighted by atomic mass is 35.5. The molecule has 0 bridgehead atoms. The van der Waals surface area contributed by atoms with Gasteiger partial charge in [-0.1, -0.05) is 6.92 Å². The summed E-state index contributed by atoms with van der Waals surface area (Å²) in [6.45, 7) is 2.52. The summed E-state index contributed by atoms with van der Waals surface area (Å²) in [5, 5.41) is 7.00. The standard InChI is InChI=1S/C8H8Cl2N6OS/c1-2-3-16-7(17)14-15-8(16)18-6-12-4(9)11-5(10)13-6/h2-3H2,1H3,(H,14,17). The second kappa shape index (κ2) is 5.68. The fourth-order valence-electron chi connectivity index (χ4n) is 1.24. The van der Waals surface area contributed by atoms with Crippen molar-refractivity contribution >= 4 is 35.0 Å². The summed E-state index contributed by atoms with van der Waals surface area (Å²) in [6, 6.07) is 0. The summed E-state index contributed by atoms with van der Waals surface area (Å²) in [6.07, 6.45) is 0.811. The number of nitrogens with one attached hydrogen (secondary N) is 1. The Labute approximate surface area is 116 Å². The van der Waals surface area contributed by atoms with Gasteiger partial charge in [-0.2, -0.15) is 15.0 Å². The van der Waals surface area contributed by atoms with Crippen molar-refractivity contribution in [2.75, 3.05) is 0 Å². The second-order valence-corrected chi connectivity index (χ2v) is 4.83. The Hall–Kier alpha value is -1.12. The number of aromatic nitrogens is 6. The maximum absolute atomic E-state index is 11.5. The fourth-order valence-corrected chi connectivity index (χ4v) is 2.51. The summed E-state index contributed by atoms with van der Waals surface area (Å²) >= 11 is 12.4. The van der Waals surface area contributed by atoms with E-state index in [0.717, 1.165) is 18.2 Å². The van der Waals surface area contributed by atoms with E-state index in [0.29, 0.717) is 11.7 Å². The maximum atomic E-state index is 11.5. The third kappa shape index (κ3) is 3.01. The van der Waals surface area contributed by atoms with Crippen LogP contribution in [0.15, 0.2) is 15.1 Å². The third-order valence-corrected chi connectivity index (χ3v) is 3.11. The molecule has 96 valence electrons. The minimum atomic E-state index is -0.273. The minimum Gasteiger partial charge on any atom is -0.270 e. The van der Waals surface area contributed by atoms with E-state index in [9.17, 15) is 4.79 Å². The molecule has 2 aromatic heterocycles. The van der Waals surface area contributed by atoms with Gasteiger partial charge in [0.05, 0.1) is 0 Å². The van der Waals surface area contributed by atoms with Gasteiger partial charge in [0.2, 0.25) is 15.7 Å². The third-order valence-electron chi connectivity index (χ3n) is 1.91. The molecule has 18 heavy (non-hydrogen) atoms. The summed E-state index contributed by atoms with van der Waals surface area (Å²) in [4.78, 5) is 22.9. The molecule has 0 aliphatic heterocycles. The lowest BCUT2D eigenvalue weighted by Crippen LogP contribution is -2.17. The normalized spacial score (nSPS) is 10.8. The summed E-state index contributed by atoms with van der Waals surface area (Å²) in [5.74, 6) is 0. The van der Waals surface area contributed by atoms with Gasteiger partial charge in [0.25, 0.3) is 0 Å². The molecule has 1 N–H and O–H groups in total. The van der Waals surface area contributed by atoms with E-state index in [1.807, 2.05) is 6.92 Å². The Morgan fingerprint density at radius 3 is 2.56 bits per heavy atom. The van der Waals surface area contributed by atoms with Crippen molar-refractivity contribution < 1.29 is 0 Å². The van der Waals surface area contributed by atoms with E-state index in [1.54, 1.807) is 0 Å². The SMILES string of the molecule is CCCn1c(Sc2nc(Cl)nc(Cl)n2)n[nH]c1=O. The number of rotatable bonds is 4. The van der Waals surface area contributed by atoms with Crippen molar-refractivity contribution in [2.24, 2.45) is 0 Å². The molecule has 0 saturated carbocycles. The smallest absolute Gasteiger partial charge is 0.270 e. The van der Waals surface area contributed by atoms with Crippen molar-refractivity contribution in [3.63, 3.8) is 0 Å². The lowest BCUT2D eigenvalue weighted by Gasteiger charge is -2.02. The van der Waals surface area contributed by atoms with Crippen molar-refractivity contribution in [3.05, 3.63) is 21.1 Å². The summed E-state index contributed by atoms with van der Waals surface area (Å²) in [5.41, 5.74) is -0.273. The Morgan fingerprint density at radius 2 is 1.94 bits per heavy atom. The van der Waals surface area contributed by atoms with Gasteiger partial charge in [0.1, 0.15) is 0 Å². The van der Waals surface area contributed by atoms with E-state index in [1.165, 1.54) is 4.57 Å². The molecule has 0 amide bonds. The molecule has 0 atom stereocenters. The molecular weight excluding hydrogens is 299 g/mol. The molecule has 0 spiro atoms. The number of hydrogen-bond acceptors (Lipinski definition) is 6. The highest BCUT2D eigenvalue weighted by molar-refractivity contribution is 7.99. The summed E-state index contributed by atoms with van der Waals surface area (Å²) < 4.78 is 1.50. The first-order valence-corrected chi connectivity index (χ1v) is 6.57. The van der Waals surface area contributed by atoms with Crippen LogP contribution >= 0.6 is 35.0 Å². The molecule has 10 heteroatoms. The average Bonchev–Trinajstić information content (AvgIpc) is 2.60. The predicted octanol–water partition coefficient (Wildman–Crippen LogP) is 1.62. The number of nitrogens with zero attached hydrogens (tertiary/aromatic N) is 5. The number of hydrogen-bond donors (Lipinski definition) is 1. The zero-order chi connectivity index (χ0) is 13.1. The van der Waals surface area contributed by atoms with Gasteiger partial charge in [-0.15, -0.1) is 5.10 Å². The summed E-state index contributed by atoms with van der Waals surface area (Å²) in [7, 11) is 0. The zero-order valence-electron chi connectivity index (χ0n) is 9.22. The van der Waals surface area contributed by atoms with E-state index in [2.05, 4.69) is 25.1 Å². The van der Waals surface area contributed by atoms with Gasteiger partial charge in [0.15, 0.2) is 5.16 Å². The largest absolute Gasteiger partial charge is 0.343 e. The lowest BCUT2D eigenvalue weighted by molar-refractivity contribution is 0.603. The van der Waals surface area contributed by atoms with Crippen LogP contribution < -0.4 is 5.69 Å². The van der Waals surface area contributed by atoms with Crippen LogP contribution in [0.2, 0.25) is 10.6 Å². The predicted molar refractivity (Wildman–Crippen MR) is 67.1 cm³/mol. The topological polar surface area (TPSA) is 89.3 Å². The van der Waals surface area contributed by atoms with Crippen molar-refractivity contribution in [3.8, 4) is 0 Å². The van der Waals surface area contributed by atoms with E-state index >= 15 is 0 Å². The molecular formula is C8H8Cl2N6OS. The lowest BCUT2D eigenvalue weighted by atomic mass is 10.5. The molecule has 2 heterocycles. The van der Waals surface area contributed by atoms with Crippen molar-refractivity contribution in [1.82, 2.24) is 29.7 Å². The first-order valence-electron chi connectivity index (χ1n) is 5.00. The Kier molecular flexibility index (Phi) is 4.20. The van der Waals surface area contributed by atoms with Gasteiger partial charge in [-0.25, -0.2) is 9.89 Å². The Morgan fingerprint density at radius 1 is 1.28 bits per heavy atom. The average molecular weight is 307 g/mol. The second-order valence-electron chi connectivity index (χ2n) is 3.22. The van der Waals surface area contributed by atoms with E-state index < -0.39 is 0 Å². The Balaban J connectivity index is 2.31. The highest BCUT2D eigenvalue weighted by Gasteiger charge is 2.12. The molecule has 0 aliphatic carbocycles. The number of halogens is 2. The van der Waals surface area contributed by atoms with Crippen LogP contribution in [0.5, 0.6) is 0 Å². The molecule has 2 rings (SSSR count). The molecule has 0 fully saturated rings. The van der Waals surface area contributed by atoms with Gasteiger partial charge in [-0.3, -0.25) is 4.57 Å². The fraction of sp³-hybridized carbons (Fsp3) is 0.375. The Bertz CT molecular complexity index is 592. The molecule has 0 saturated heterocycles. The molecule has 0 aliphatic rings. The van der Waals surface area contributed by atoms with Crippen LogP contribution in [0.25, 0.3) is 0 Å². The van der Waals surface area contributed by atoms with Gasteiger partial charge >= 0.3 is 5.69 Å². The first-order chi connectivity index (χ1) is 8.60. The molecule has 2 aromatic rings. The van der Waals surface area contributed by atoms with Crippen LogP contribution in [0.3, 0.4) is 0 Å². The van der Waals surface area contributed by atoms with Crippen molar-refractivity contribution in [1.29, 1.82) is 0 Å². The number of H-pyrrole nitrogens is 1. The van der Waals surface area contributed by atoms with Gasteiger partial charge in [-0.05, 0) is 41.4 Å². The van der Waals surface area contributed by atoms with Crippen LogP contribution in [-0.2, 0) is 6.54 Å². The monoisotopic (exact) mass is 306 g/mol.